The number of hydrogen-bond donors (Lipinski definition) is 0. The molecule has 0 aliphatic carbocycles. The van der Waals surface area contributed by atoms with Crippen LogP contribution in [0, 0.1) is 0 Å². The van der Waals surface area contributed by atoms with Crippen molar-refractivity contribution in [2.24, 2.45) is 0 Å². The zero-order chi connectivity index (χ0) is 16.7. The second-order valence-electron chi connectivity index (χ2n) is 5.02. The summed E-state index contributed by atoms with van der Waals surface area (Å²) in [5.41, 5.74) is 1.41. The SMILES string of the molecule is C[C@@H](OS(=O)(=O)Cc1ccccc1)C(=O)OCc1ccccc1. The highest BCUT2D eigenvalue weighted by molar-refractivity contribution is 7.85. The van der Waals surface area contributed by atoms with E-state index in [1.165, 1.54) is 6.92 Å². The summed E-state index contributed by atoms with van der Waals surface area (Å²) in [6.07, 6.45) is -1.19. The van der Waals surface area contributed by atoms with Crippen molar-refractivity contribution in [1.29, 1.82) is 0 Å². The third-order valence-electron chi connectivity index (χ3n) is 3.03. The number of carbonyl (C=O) groups is 1. The molecule has 0 bridgehead atoms. The number of benzene rings is 2. The molecule has 2 aromatic carbocycles. The minimum Gasteiger partial charge on any atom is -0.459 e. The van der Waals surface area contributed by atoms with E-state index < -0.39 is 22.2 Å². The quantitative estimate of drug-likeness (QED) is 0.575. The molecule has 0 aliphatic rings. The van der Waals surface area contributed by atoms with Crippen molar-refractivity contribution >= 4 is 16.1 Å². The van der Waals surface area contributed by atoms with Crippen LogP contribution in [-0.4, -0.2) is 20.5 Å². The van der Waals surface area contributed by atoms with Crippen LogP contribution in [0.1, 0.15) is 18.1 Å². The van der Waals surface area contributed by atoms with E-state index in [0.29, 0.717) is 5.56 Å². The highest BCUT2D eigenvalue weighted by Crippen LogP contribution is 2.11. The summed E-state index contributed by atoms with van der Waals surface area (Å²) in [6.45, 7) is 1.43. The highest BCUT2D eigenvalue weighted by Gasteiger charge is 2.23. The third kappa shape index (κ3) is 5.84. The molecule has 0 N–H and O–H groups in total. The molecule has 0 saturated heterocycles. The summed E-state index contributed by atoms with van der Waals surface area (Å²) >= 11 is 0. The Balaban J connectivity index is 1.87. The molecular weight excluding hydrogens is 316 g/mol. The first-order valence-electron chi connectivity index (χ1n) is 7.12. The molecule has 0 saturated carbocycles. The monoisotopic (exact) mass is 334 g/mol. The molecule has 1 atom stereocenters. The number of carbonyl (C=O) groups excluding carboxylic acids is 1. The zero-order valence-electron chi connectivity index (χ0n) is 12.7. The van der Waals surface area contributed by atoms with Gasteiger partial charge in [-0.3, -0.25) is 4.18 Å². The van der Waals surface area contributed by atoms with Crippen LogP contribution in [0.4, 0.5) is 0 Å². The zero-order valence-corrected chi connectivity index (χ0v) is 13.5. The van der Waals surface area contributed by atoms with E-state index in [2.05, 4.69) is 0 Å². The number of rotatable bonds is 7. The summed E-state index contributed by atoms with van der Waals surface area (Å²) in [7, 11) is -3.86. The van der Waals surface area contributed by atoms with E-state index in [0.717, 1.165) is 5.56 Å². The van der Waals surface area contributed by atoms with Gasteiger partial charge in [0.05, 0.1) is 0 Å². The first-order chi connectivity index (χ1) is 11.0. The average molecular weight is 334 g/mol. The molecule has 0 amide bonds. The molecule has 0 radical (unpaired) electrons. The van der Waals surface area contributed by atoms with Crippen molar-refractivity contribution < 1.29 is 22.1 Å². The van der Waals surface area contributed by atoms with Crippen molar-refractivity contribution in [3.63, 3.8) is 0 Å². The Kier molecular flexibility index (Phi) is 5.90. The second-order valence-corrected chi connectivity index (χ2v) is 6.62. The topological polar surface area (TPSA) is 69.7 Å². The van der Waals surface area contributed by atoms with Crippen LogP contribution >= 0.6 is 0 Å². The predicted molar refractivity (Wildman–Crippen MR) is 85.9 cm³/mol. The van der Waals surface area contributed by atoms with Crippen LogP contribution in [-0.2, 0) is 36.2 Å². The molecule has 122 valence electrons. The van der Waals surface area contributed by atoms with Gasteiger partial charge >= 0.3 is 5.97 Å². The number of ether oxygens (including phenoxy) is 1. The summed E-state index contributed by atoms with van der Waals surface area (Å²) in [4.78, 5) is 11.8. The van der Waals surface area contributed by atoms with Crippen LogP contribution in [0.15, 0.2) is 60.7 Å². The lowest BCUT2D eigenvalue weighted by atomic mass is 10.2. The maximum atomic E-state index is 12.0. The summed E-state index contributed by atoms with van der Waals surface area (Å²) < 4.78 is 33.9. The van der Waals surface area contributed by atoms with Crippen LogP contribution in [0.3, 0.4) is 0 Å². The first kappa shape index (κ1) is 17.2. The molecule has 0 fully saturated rings. The molecule has 0 heterocycles. The molecule has 0 spiro atoms. The molecule has 0 aliphatic heterocycles. The van der Waals surface area contributed by atoms with Crippen LogP contribution in [0.5, 0.6) is 0 Å². The highest BCUT2D eigenvalue weighted by atomic mass is 32.2. The lowest BCUT2D eigenvalue weighted by molar-refractivity contribution is -0.152. The predicted octanol–water partition coefficient (Wildman–Crippen LogP) is 2.66. The Labute approximate surface area is 136 Å². The average Bonchev–Trinajstić information content (AvgIpc) is 2.53. The molecular formula is C17H18O5S. The Morgan fingerprint density at radius 2 is 1.48 bits per heavy atom. The molecule has 6 heteroatoms. The summed E-state index contributed by atoms with van der Waals surface area (Å²) in [6, 6.07) is 17.8. The smallest absolute Gasteiger partial charge is 0.336 e. The second kappa shape index (κ2) is 7.89. The molecule has 0 unspecified atom stereocenters. The van der Waals surface area contributed by atoms with Crippen LogP contribution in [0.25, 0.3) is 0 Å². The van der Waals surface area contributed by atoms with Gasteiger partial charge < -0.3 is 4.74 Å². The van der Waals surface area contributed by atoms with Gasteiger partial charge in [-0.1, -0.05) is 60.7 Å². The molecule has 0 aromatic heterocycles. The maximum Gasteiger partial charge on any atom is 0.336 e. The van der Waals surface area contributed by atoms with E-state index in [9.17, 15) is 13.2 Å². The number of esters is 1. The van der Waals surface area contributed by atoms with E-state index in [1.54, 1.807) is 30.3 Å². The van der Waals surface area contributed by atoms with Crippen molar-refractivity contribution in [2.45, 2.75) is 25.4 Å². The summed E-state index contributed by atoms with van der Waals surface area (Å²) in [5, 5.41) is 0. The fourth-order valence-corrected chi connectivity index (χ4v) is 3.10. The van der Waals surface area contributed by atoms with Gasteiger partial charge in [-0.15, -0.1) is 0 Å². The fraction of sp³-hybridized carbons (Fsp3) is 0.235. The normalized spacial score (nSPS) is 12.6. The van der Waals surface area contributed by atoms with Crippen LogP contribution < -0.4 is 0 Å². The van der Waals surface area contributed by atoms with Gasteiger partial charge in [-0.25, -0.2) is 4.79 Å². The molecule has 2 rings (SSSR count). The Bertz CT molecular complexity index is 726. The van der Waals surface area contributed by atoms with E-state index in [4.69, 9.17) is 8.92 Å². The number of hydrogen-bond acceptors (Lipinski definition) is 5. The van der Waals surface area contributed by atoms with Crippen molar-refractivity contribution in [3.05, 3.63) is 71.8 Å². The van der Waals surface area contributed by atoms with Gasteiger partial charge in [0.1, 0.15) is 12.4 Å². The van der Waals surface area contributed by atoms with Crippen molar-refractivity contribution in [1.82, 2.24) is 0 Å². The van der Waals surface area contributed by atoms with Crippen LogP contribution in [0.2, 0.25) is 0 Å². The minimum absolute atomic E-state index is 0.0755. The van der Waals surface area contributed by atoms with Gasteiger partial charge in [0, 0.05) is 0 Å². The maximum absolute atomic E-state index is 12.0. The largest absolute Gasteiger partial charge is 0.459 e. The van der Waals surface area contributed by atoms with Gasteiger partial charge in [0.25, 0.3) is 10.1 Å². The minimum atomic E-state index is -3.86. The fourth-order valence-electron chi connectivity index (χ4n) is 1.92. The lowest BCUT2D eigenvalue weighted by Crippen LogP contribution is -2.27. The van der Waals surface area contributed by atoms with Crippen molar-refractivity contribution in [3.8, 4) is 0 Å². The standard InChI is InChI=1S/C17H18O5S/c1-14(17(18)21-12-15-8-4-2-5-9-15)22-23(19,20)13-16-10-6-3-7-11-16/h2-11,14H,12-13H2,1H3/t14-/m1/s1. The Hall–Kier alpha value is -2.18. The van der Waals surface area contributed by atoms with Gasteiger partial charge in [-0.05, 0) is 18.1 Å². The molecule has 23 heavy (non-hydrogen) atoms. The molecule has 5 nitrogen and oxygen atoms in total. The first-order valence-corrected chi connectivity index (χ1v) is 8.69. The summed E-state index contributed by atoms with van der Waals surface area (Å²) in [5.74, 6) is -1.00. The Morgan fingerprint density at radius 3 is 2.04 bits per heavy atom. The van der Waals surface area contributed by atoms with Gasteiger partial charge in [0.15, 0.2) is 6.10 Å². The molecule has 2 aromatic rings. The van der Waals surface area contributed by atoms with Gasteiger partial charge in [-0.2, -0.15) is 8.42 Å². The van der Waals surface area contributed by atoms with Crippen molar-refractivity contribution in [2.75, 3.05) is 0 Å². The third-order valence-corrected chi connectivity index (χ3v) is 4.30. The Morgan fingerprint density at radius 1 is 0.957 bits per heavy atom. The lowest BCUT2D eigenvalue weighted by Gasteiger charge is -2.13. The van der Waals surface area contributed by atoms with E-state index in [1.807, 2.05) is 30.3 Å². The van der Waals surface area contributed by atoms with E-state index in [-0.39, 0.29) is 12.4 Å². The van der Waals surface area contributed by atoms with E-state index >= 15 is 0 Å². The van der Waals surface area contributed by atoms with Gasteiger partial charge in [0.2, 0.25) is 0 Å².